The molecule has 0 spiro atoms. The van der Waals surface area contributed by atoms with E-state index in [1.54, 1.807) is 0 Å². The normalized spacial score (nSPS) is 12.0. The van der Waals surface area contributed by atoms with Gasteiger partial charge in [0.15, 0.2) is 5.92 Å². The number of nitrogens with two attached hydrogens (primary N) is 1. The van der Waals surface area contributed by atoms with E-state index in [1.807, 2.05) is 0 Å². The number of hydrogen-bond acceptors (Lipinski definition) is 6. The van der Waals surface area contributed by atoms with Crippen molar-refractivity contribution in [2.24, 2.45) is 11.7 Å². The number of carbonyl (C=O) groups excluding carboxylic acids is 2. The van der Waals surface area contributed by atoms with Crippen molar-refractivity contribution in [1.82, 2.24) is 0 Å². The van der Waals surface area contributed by atoms with Crippen LogP contribution in [0.1, 0.15) is 13.8 Å². The quantitative estimate of drug-likeness (QED) is 0.453. The molecule has 3 N–H and O–H groups in total. The molecule has 0 radical (unpaired) electrons. The van der Waals surface area contributed by atoms with Crippen molar-refractivity contribution in [2.45, 2.75) is 19.9 Å². The highest BCUT2D eigenvalue weighted by Gasteiger charge is 2.39. The molecule has 0 bridgehead atoms. The molecule has 0 rings (SSSR count). The molecule has 0 aliphatic rings. The second kappa shape index (κ2) is 6.78. The molecule has 0 aromatic rings. The van der Waals surface area contributed by atoms with Gasteiger partial charge in [-0.25, -0.2) is 0 Å². The summed E-state index contributed by atoms with van der Waals surface area (Å²) in [7, 11) is 0. The van der Waals surface area contributed by atoms with Gasteiger partial charge in [0.2, 0.25) is 0 Å². The van der Waals surface area contributed by atoms with Gasteiger partial charge < -0.3 is 20.3 Å². The second-order valence-electron chi connectivity index (χ2n) is 2.85. The molecular formula is C9H15NO6. The van der Waals surface area contributed by atoms with Crippen molar-refractivity contribution in [2.75, 3.05) is 13.2 Å². The van der Waals surface area contributed by atoms with Crippen LogP contribution in [0.25, 0.3) is 0 Å². The van der Waals surface area contributed by atoms with Gasteiger partial charge >= 0.3 is 17.9 Å². The average molecular weight is 233 g/mol. The summed E-state index contributed by atoms with van der Waals surface area (Å²) in [5, 5.41) is 8.65. The number of aliphatic carboxylic acids is 1. The highest BCUT2D eigenvalue weighted by molar-refractivity contribution is 6.00. The maximum atomic E-state index is 11.3. The van der Waals surface area contributed by atoms with Crippen LogP contribution in [-0.2, 0) is 23.9 Å². The Hall–Kier alpha value is -1.63. The number of carboxylic acids is 1. The monoisotopic (exact) mass is 233 g/mol. The maximum Gasteiger partial charge on any atom is 0.322 e. The van der Waals surface area contributed by atoms with Crippen LogP contribution in [0, 0.1) is 5.92 Å². The van der Waals surface area contributed by atoms with Crippen LogP contribution in [0.4, 0.5) is 0 Å². The predicted molar refractivity (Wildman–Crippen MR) is 52.4 cm³/mol. The highest BCUT2D eigenvalue weighted by Crippen LogP contribution is 2.08. The SMILES string of the molecule is CCOC(=O)C(C(=O)OCC)[C@@H](N)C(=O)O. The van der Waals surface area contributed by atoms with Gasteiger partial charge in [0.05, 0.1) is 13.2 Å². The van der Waals surface area contributed by atoms with Gasteiger partial charge in [0.1, 0.15) is 6.04 Å². The van der Waals surface area contributed by atoms with Crippen molar-refractivity contribution in [3.05, 3.63) is 0 Å². The molecule has 1 atom stereocenters. The Labute approximate surface area is 92.5 Å². The predicted octanol–water partition coefficient (Wildman–Crippen LogP) is -0.859. The summed E-state index contributed by atoms with van der Waals surface area (Å²) in [6, 6.07) is -1.67. The molecule has 16 heavy (non-hydrogen) atoms. The zero-order valence-corrected chi connectivity index (χ0v) is 9.13. The van der Waals surface area contributed by atoms with Gasteiger partial charge in [-0.2, -0.15) is 0 Å². The lowest BCUT2D eigenvalue weighted by atomic mass is 10.0. The fourth-order valence-electron chi connectivity index (χ4n) is 0.996. The molecule has 0 aromatic carbocycles. The summed E-state index contributed by atoms with van der Waals surface area (Å²) in [6.45, 7) is 3.13. The van der Waals surface area contributed by atoms with Crippen LogP contribution >= 0.6 is 0 Å². The molecule has 0 saturated heterocycles. The minimum atomic E-state index is -1.67. The molecule has 0 amide bonds. The van der Waals surface area contributed by atoms with E-state index in [1.165, 1.54) is 13.8 Å². The zero-order chi connectivity index (χ0) is 12.7. The first-order chi connectivity index (χ1) is 7.45. The van der Waals surface area contributed by atoms with Gasteiger partial charge in [0, 0.05) is 0 Å². The number of carbonyl (C=O) groups is 3. The molecule has 92 valence electrons. The van der Waals surface area contributed by atoms with Gasteiger partial charge in [-0.1, -0.05) is 0 Å². The van der Waals surface area contributed by atoms with E-state index in [0.29, 0.717) is 0 Å². The van der Waals surface area contributed by atoms with Crippen molar-refractivity contribution in [3.63, 3.8) is 0 Å². The first kappa shape index (κ1) is 14.4. The Kier molecular flexibility index (Phi) is 6.09. The van der Waals surface area contributed by atoms with E-state index < -0.39 is 29.9 Å². The minimum absolute atomic E-state index is 0.0288. The van der Waals surface area contributed by atoms with Crippen molar-refractivity contribution < 1.29 is 29.0 Å². The van der Waals surface area contributed by atoms with Crippen molar-refractivity contribution >= 4 is 17.9 Å². The van der Waals surface area contributed by atoms with E-state index in [4.69, 9.17) is 10.8 Å². The molecule has 0 saturated carbocycles. The summed E-state index contributed by atoms with van der Waals surface area (Å²) in [5.74, 6) is -5.07. The third kappa shape index (κ3) is 3.85. The molecule has 0 aromatic heterocycles. The lowest BCUT2D eigenvalue weighted by Gasteiger charge is -2.17. The molecule has 0 aliphatic heterocycles. The molecular weight excluding hydrogens is 218 g/mol. The summed E-state index contributed by atoms with van der Waals surface area (Å²) >= 11 is 0. The van der Waals surface area contributed by atoms with Gasteiger partial charge in [-0.15, -0.1) is 0 Å². The molecule has 0 heterocycles. The largest absolute Gasteiger partial charge is 0.480 e. The number of hydrogen-bond donors (Lipinski definition) is 2. The molecule has 7 nitrogen and oxygen atoms in total. The molecule has 0 fully saturated rings. The van der Waals surface area contributed by atoms with Crippen LogP contribution < -0.4 is 5.73 Å². The summed E-state index contributed by atoms with van der Waals surface area (Å²) in [6.07, 6.45) is 0. The van der Waals surface area contributed by atoms with E-state index in [0.717, 1.165) is 0 Å². The van der Waals surface area contributed by atoms with Crippen LogP contribution in [0.5, 0.6) is 0 Å². The first-order valence-electron chi connectivity index (χ1n) is 4.77. The zero-order valence-electron chi connectivity index (χ0n) is 9.13. The van der Waals surface area contributed by atoms with E-state index in [2.05, 4.69) is 9.47 Å². The molecule has 7 heteroatoms. The third-order valence-electron chi connectivity index (χ3n) is 1.73. The molecule has 0 aliphatic carbocycles. The Morgan fingerprint density at radius 2 is 1.50 bits per heavy atom. The highest BCUT2D eigenvalue weighted by atomic mass is 16.6. The smallest absolute Gasteiger partial charge is 0.322 e. The van der Waals surface area contributed by atoms with Crippen LogP contribution in [0.2, 0.25) is 0 Å². The number of ether oxygens (including phenoxy) is 2. The van der Waals surface area contributed by atoms with Crippen LogP contribution in [-0.4, -0.2) is 42.3 Å². The van der Waals surface area contributed by atoms with E-state index in [9.17, 15) is 14.4 Å². The summed E-state index contributed by atoms with van der Waals surface area (Å²) in [4.78, 5) is 33.3. The Morgan fingerprint density at radius 3 is 1.75 bits per heavy atom. The fraction of sp³-hybridized carbons (Fsp3) is 0.667. The van der Waals surface area contributed by atoms with Crippen LogP contribution in [0.15, 0.2) is 0 Å². The van der Waals surface area contributed by atoms with Crippen LogP contribution in [0.3, 0.4) is 0 Å². The Morgan fingerprint density at radius 1 is 1.12 bits per heavy atom. The number of esters is 2. The average Bonchev–Trinajstić information content (AvgIpc) is 2.18. The van der Waals surface area contributed by atoms with Gasteiger partial charge in [0.25, 0.3) is 0 Å². The Balaban J connectivity index is 4.82. The van der Waals surface area contributed by atoms with E-state index >= 15 is 0 Å². The minimum Gasteiger partial charge on any atom is -0.480 e. The fourth-order valence-corrected chi connectivity index (χ4v) is 0.996. The maximum absolute atomic E-state index is 11.3. The summed E-state index contributed by atoms with van der Waals surface area (Å²) < 4.78 is 9.12. The lowest BCUT2D eigenvalue weighted by molar-refractivity contribution is -0.166. The topological polar surface area (TPSA) is 116 Å². The Bertz CT molecular complexity index is 259. The standard InChI is InChI=1S/C9H15NO6/c1-3-15-8(13)5(6(10)7(11)12)9(14)16-4-2/h5-6H,3-4,10H2,1-2H3,(H,11,12)/t6-/m1/s1. The number of rotatable bonds is 6. The van der Waals surface area contributed by atoms with Crippen molar-refractivity contribution in [1.29, 1.82) is 0 Å². The second-order valence-corrected chi connectivity index (χ2v) is 2.85. The lowest BCUT2D eigenvalue weighted by Crippen LogP contribution is -2.47. The van der Waals surface area contributed by atoms with Gasteiger partial charge in [-0.05, 0) is 13.8 Å². The van der Waals surface area contributed by atoms with E-state index in [-0.39, 0.29) is 13.2 Å². The molecule has 0 unspecified atom stereocenters. The summed E-state index contributed by atoms with van der Waals surface area (Å²) in [5.41, 5.74) is 5.22. The number of carboxylic acid groups (broad SMARTS) is 1. The van der Waals surface area contributed by atoms with Crippen molar-refractivity contribution in [3.8, 4) is 0 Å². The van der Waals surface area contributed by atoms with Gasteiger partial charge in [-0.3, -0.25) is 14.4 Å². The first-order valence-corrected chi connectivity index (χ1v) is 4.77. The third-order valence-corrected chi connectivity index (χ3v) is 1.73.